The number of hydrogen-bond acceptors (Lipinski definition) is 3. The molecule has 1 heterocycles. The molecule has 0 aromatic carbocycles. The van der Waals surface area contributed by atoms with E-state index in [0.717, 1.165) is 0 Å². The smallest absolute Gasteiger partial charge is 0.271 e. The Morgan fingerprint density at radius 3 is 2.94 bits per heavy atom. The fourth-order valence-corrected chi connectivity index (χ4v) is 1.40. The van der Waals surface area contributed by atoms with Gasteiger partial charge in [0, 0.05) is 19.5 Å². The maximum absolute atomic E-state index is 11.8. The normalized spacial score (nSPS) is 9.81. The lowest BCUT2D eigenvalue weighted by Crippen LogP contribution is -2.27. The fourth-order valence-electron chi connectivity index (χ4n) is 1.40. The van der Waals surface area contributed by atoms with E-state index in [1.807, 2.05) is 6.92 Å². The zero-order valence-electron chi connectivity index (χ0n) is 9.58. The van der Waals surface area contributed by atoms with E-state index in [4.69, 9.17) is 12.2 Å². The van der Waals surface area contributed by atoms with Crippen molar-refractivity contribution in [2.75, 3.05) is 12.3 Å². The number of nitrogens with two attached hydrogens (primary N) is 1. The molecule has 0 radical (unpaired) electrons. The Kier molecular flexibility index (Phi) is 3.95. The molecule has 0 spiro atoms. The fraction of sp³-hybridized carbons (Fsp3) is 0.455. The van der Waals surface area contributed by atoms with Crippen LogP contribution in [0, 0.1) is 19.3 Å². The molecule has 0 aliphatic heterocycles. The van der Waals surface area contributed by atoms with Crippen LogP contribution < -0.4 is 11.1 Å². The molecule has 1 aromatic heterocycles. The minimum Gasteiger partial charge on any atom is -0.395 e. The molecule has 1 rings (SSSR count). The summed E-state index contributed by atoms with van der Waals surface area (Å²) >= 11 is 0. The largest absolute Gasteiger partial charge is 0.395 e. The Balaban J connectivity index is 2.86. The van der Waals surface area contributed by atoms with Crippen LogP contribution in [0.15, 0.2) is 0 Å². The summed E-state index contributed by atoms with van der Waals surface area (Å²) in [5, 5.41) is 6.87. The highest BCUT2D eigenvalue weighted by atomic mass is 16.2. The monoisotopic (exact) mass is 220 g/mol. The summed E-state index contributed by atoms with van der Waals surface area (Å²) < 4.78 is 1.59. The van der Waals surface area contributed by atoms with Crippen LogP contribution in [0.25, 0.3) is 0 Å². The van der Waals surface area contributed by atoms with E-state index in [1.165, 1.54) is 0 Å². The lowest BCUT2D eigenvalue weighted by molar-refractivity contribution is 0.0945. The molecule has 86 valence electrons. The van der Waals surface area contributed by atoms with Crippen LogP contribution in [-0.4, -0.2) is 22.2 Å². The maximum atomic E-state index is 11.8. The van der Waals surface area contributed by atoms with Gasteiger partial charge in [-0.25, -0.2) is 0 Å². The van der Waals surface area contributed by atoms with Gasteiger partial charge in [0.1, 0.15) is 5.69 Å². The second-order valence-electron chi connectivity index (χ2n) is 3.37. The summed E-state index contributed by atoms with van der Waals surface area (Å²) in [6.45, 7) is 4.74. The highest BCUT2D eigenvalue weighted by molar-refractivity contribution is 5.97. The molecule has 0 aliphatic rings. The van der Waals surface area contributed by atoms with Crippen LogP contribution in [-0.2, 0) is 6.54 Å². The van der Waals surface area contributed by atoms with E-state index in [-0.39, 0.29) is 5.91 Å². The van der Waals surface area contributed by atoms with Gasteiger partial charge in [-0.1, -0.05) is 0 Å². The summed E-state index contributed by atoms with van der Waals surface area (Å²) in [5.74, 6) is 2.23. The van der Waals surface area contributed by atoms with Gasteiger partial charge in [0.25, 0.3) is 5.91 Å². The summed E-state index contributed by atoms with van der Waals surface area (Å²) in [4.78, 5) is 11.8. The molecule has 0 unspecified atom stereocenters. The molecule has 5 nitrogen and oxygen atoms in total. The average Bonchev–Trinajstić information content (AvgIpc) is 2.55. The van der Waals surface area contributed by atoms with E-state index in [2.05, 4.69) is 16.3 Å². The molecule has 16 heavy (non-hydrogen) atoms. The van der Waals surface area contributed by atoms with Crippen molar-refractivity contribution in [1.29, 1.82) is 0 Å². The first-order valence-corrected chi connectivity index (χ1v) is 5.16. The molecule has 1 amide bonds. The van der Waals surface area contributed by atoms with Crippen LogP contribution in [0.1, 0.15) is 29.5 Å². The summed E-state index contributed by atoms with van der Waals surface area (Å²) in [5.41, 5.74) is 7.31. The molecular formula is C11H16N4O. The van der Waals surface area contributed by atoms with Crippen molar-refractivity contribution in [2.45, 2.75) is 26.8 Å². The molecular weight excluding hydrogens is 204 g/mol. The van der Waals surface area contributed by atoms with E-state index < -0.39 is 0 Å². The van der Waals surface area contributed by atoms with E-state index >= 15 is 0 Å². The predicted molar refractivity (Wildman–Crippen MR) is 62.8 cm³/mol. The van der Waals surface area contributed by atoms with Crippen molar-refractivity contribution in [3.8, 4) is 12.3 Å². The highest BCUT2D eigenvalue weighted by Crippen LogP contribution is 2.15. The molecule has 0 bridgehead atoms. The van der Waals surface area contributed by atoms with Crippen LogP contribution in [0.5, 0.6) is 0 Å². The number of carbonyl (C=O) groups excluding carboxylic acids is 1. The third-order valence-corrected chi connectivity index (χ3v) is 2.24. The SMILES string of the molecule is C#CCCNC(=O)c1c(N)c(C)nn1CC. The van der Waals surface area contributed by atoms with Crippen molar-refractivity contribution in [1.82, 2.24) is 15.1 Å². The summed E-state index contributed by atoms with van der Waals surface area (Å²) in [6, 6.07) is 0. The maximum Gasteiger partial charge on any atom is 0.271 e. The molecule has 3 N–H and O–H groups in total. The Labute approximate surface area is 95.0 Å². The standard InChI is InChI=1S/C11H16N4O/c1-4-6-7-13-11(16)10-9(12)8(3)14-15(10)5-2/h1H,5-7,12H2,2-3H3,(H,13,16). The van der Waals surface area contributed by atoms with Crippen LogP contribution in [0.3, 0.4) is 0 Å². The summed E-state index contributed by atoms with van der Waals surface area (Å²) in [6.07, 6.45) is 5.60. The molecule has 5 heteroatoms. The van der Waals surface area contributed by atoms with Crippen molar-refractivity contribution >= 4 is 11.6 Å². The second-order valence-corrected chi connectivity index (χ2v) is 3.37. The van der Waals surface area contributed by atoms with Crippen LogP contribution in [0.2, 0.25) is 0 Å². The van der Waals surface area contributed by atoms with Gasteiger partial charge in [-0.3, -0.25) is 9.48 Å². The minimum atomic E-state index is -0.227. The highest BCUT2D eigenvalue weighted by Gasteiger charge is 2.18. The number of nitrogens with zero attached hydrogens (tertiary/aromatic N) is 2. The Bertz CT molecular complexity index is 428. The van der Waals surface area contributed by atoms with E-state index in [0.29, 0.717) is 36.6 Å². The predicted octanol–water partition coefficient (Wildman–Crippen LogP) is 0.547. The average molecular weight is 220 g/mol. The van der Waals surface area contributed by atoms with Crippen molar-refractivity contribution < 1.29 is 4.79 Å². The van der Waals surface area contributed by atoms with Crippen molar-refractivity contribution in [2.24, 2.45) is 0 Å². The zero-order valence-corrected chi connectivity index (χ0v) is 9.58. The first kappa shape index (κ1) is 12.1. The van der Waals surface area contributed by atoms with Gasteiger partial charge >= 0.3 is 0 Å². The molecule has 0 fully saturated rings. The number of amides is 1. The zero-order chi connectivity index (χ0) is 12.1. The first-order chi connectivity index (χ1) is 7.61. The van der Waals surface area contributed by atoms with Crippen molar-refractivity contribution in [3.63, 3.8) is 0 Å². The third kappa shape index (κ3) is 2.34. The molecule has 0 atom stereocenters. The minimum absolute atomic E-state index is 0.227. The van der Waals surface area contributed by atoms with Gasteiger partial charge in [0.05, 0.1) is 11.4 Å². The number of anilines is 1. The number of nitrogens with one attached hydrogen (secondary N) is 1. The number of terminal acetylenes is 1. The lowest BCUT2D eigenvalue weighted by Gasteiger charge is -2.06. The van der Waals surface area contributed by atoms with E-state index in [9.17, 15) is 4.79 Å². The van der Waals surface area contributed by atoms with Gasteiger partial charge < -0.3 is 11.1 Å². The Morgan fingerprint density at radius 2 is 2.38 bits per heavy atom. The number of aromatic nitrogens is 2. The number of rotatable bonds is 4. The topological polar surface area (TPSA) is 72.9 Å². The van der Waals surface area contributed by atoms with Crippen molar-refractivity contribution in [3.05, 3.63) is 11.4 Å². The van der Waals surface area contributed by atoms with Gasteiger partial charge in [0.15, 0.2) is 0 Å². The Morgan fingerprint density at radius 1 is 1.69 bits per heavy atom. The summed E-state index contributed by atoms with van der Waals surface area (Å²) in [7, 11) is 0. The number of carbonyl (C=O) groups is 1. The van der Waals surface area contributed by atoms with Gasteiger partial charge in [-0.2, -0.15) is 5.10 Å². The van der Waals surface area contributed by atoms with Gasteiger partial charge in [-0.15, -0.1) is 12.3 Å². The van der Waals surface area contributed by atoms with Gasteiger partial charge in [0.2, 0.25) is 0 Å². The second kappa shape index (κ2) is 5.21. The molecule has 0 aliphatic carbocycles. The molecule has 0 saturated heterocycles. The number of hydrogen-bond donors (Lipinski definition) is 2. The van der Waals surface area contributed by atoms with E-state index in [1.54, 1.807) is 11.6 Å². The Hall–Kier alpha value is -1.96. The quantitative estimate of drug-likeness (QED) is 0.575. The number of nitrogen functional groups attached to an aromatic ring is 1. The molecule has 0 saturated carbocycles. The first-order valence-electron chi connectivity index (χ1n) is 5.16. The van der Waals surface area contributed by atoms with Crippen LogP contribution >= 0.6 is 0 Å². The third-order valence-electron chi connectivity index (χ3n) is 2.24. The molecule has 1 aromatic rings. The van der Waals surface area contributed by atoms with Crippen LogP contribution in [0.4, 0.5) is 5.69 Å². The lowest BCUT2D eigenvalue weighted by atomic mass is 10.3. The van der Waals surface area contributed by atoms with Gasteiger partial charge in [-0.05, 0) is 13.8 Å². The number of aryl methyl sites for hydroxylation is 2.